The molecule has 2 aliphatic carbocycles. The van der Waals surface area contributed by atoms with Gasteiger partial charge in [-0.3, -0.25) is 4.79 Å². The van der Waals surface area contributed by atoms with Gasteiger partial charge in [0.2, 0.25) is 0 Å². The monoisotopic (exact) mass is 374 g/mol. The molecule has 2 aliphatic rings. The number of carboxylic acids is 1. The van der Waals surface area contributed by atoms with Gasteiger partial charge in [0.15, 0.2) is 0 Å². The zero-order valence-corrected chi connectivity index (χ0v) is 16.5. The van der Waals surface area contributed by atoms with Gasteiger partial charge in [0.1, 0.15) is 0 Å². The summed E-state index contributed by atoms with van der Waals surface area (Å²) in [6, 6.07) is 6.25. The molecule has 2 fully saturated rings. The number of allylic oxidation sites excluding steroid dienone is 2. The Labute approximate surface area is 162 Å². The topological polar surface area (TPSA) is 37.3 Å². The van der Waals surface area contributed by atoms with Crippen LogP contribution in [0.2, 0.25) is 5.02 Å². The highest BCUT2D eigenvalue weighted by atomic mass is 35.5. The fraction of sp³-hybridized carbons (Fsp3) is 0.609. The van der Waals surface area contributed by atoms with Crippen LogP contribution in [-0.2, 0) is 11.2 Å². The van der Waals surface area contributed by atoms with Crippen molar-refractivity contribution >= 4 is 17.6 Å². The number of hydrogen-bond donors (Lipinski definition) is 1. The summed E-state index contributed by atoms with van der Waals surface area (Å²) < 4.78 is 0. The van der Waals surface area contributed by atoms with Crippen LogP contribution < -0.4 is 0 Å². The minimum Gasteiger partial charge on any atom is -0.481 e. The molecule has 0 unspecified atom stereocenters. The molecule has 26 heavy (non-hydrogen) atoms. The maximum absolute atomic E-state index is 10.6. The van der Waals surface area contributed by atoms with Crippen molar-refractivity contribution in [3.05, 3.63) is 46.5 Å². The number of unbranched alkanes of at least 4 members (excludes halogenated alkanes) is 1. The summed E-state index contributed by atoms with van der Waals surface area (Å²) in [4.78, 5) is 10.6. The summed E-state index contributed by atoms with van der Waals surface area (Å²) in [5.41, 5.74) is 2.73. The van der Waals surface area contributed by atoms with Crippen LogP contribution in [0.3, 0.4) is 0 Å². The molecule has 142 valence electrons. The quantitative estimate of drug-likeness (QED) is 0.398. The van der Waals surface area contributed by atoms with Crippen molar-refractivity contribution < 1.29 is 9.90 Å². The van der Waals surface area contributed by atoms with Crippen molar-refractivity contribution in [1.82, 2.24) is 0 Å². The molecule has 0 amide bonds. The fourth-order valence-corrected chi connectivity index (χ4v) is 5.50. The third-order valence-corrected chi connectivity index (χ3v) is 6.80. The highest BCUT2D eigenvalue weighted by Gasteiger charge is 2.45. The van der Waals surface area contributed by atoms with Crippen LogP contribution in [0.15, 0.2) is 30.4 Å². The SMILES string of the molecule is Cc1cc(Cl)ccc1CCC[C@H]1[C@@H]2CC[C@@H](C2)[C@@H]1/C=C\CCCC(=O)O. The summed E-state index contributed by atoms with van der Waals surface area (Å²) in [7, 11) is 0. The van der Waals surface area contributed by atoms with E-state index in [1.54, 1.807) is 0 Å². The van der Waals surface area contributed by atoms with E-state index in [2.05, 4.69) is 31.2 Å². The van der Waals surface area contributed by atoms with E-state index in [-0.39, 0.29) is 6.42 Å². The van der Waals surface area contributed by atoms with E-state index in [0.717, 1.165) is 48.0 Å². The summed E-state index contributed by atoms with van der Waals surface area (Å²) in [6.45, 7) is 2.15. The van der Waals surface area contributed by atoms with Crippen LogP contribution >= 0.6 is 11.6 Å². The molecular weight excluding hydrogens is 344 g/mol. The Morgan fingerprint density at radius 1 is 1.27 bits per heavy atom. The second-order valence-electron chi connectivity index (χ2n) is 8.25. The molecule has 2 nitrogen and oxygen atoms in total. The normalized spacial score (nSPS) is 27.5. The lowest BCUT2D eigenvalue weighted by molar-refractivity contribution is -0.137. The third-order valence-electron chi connectivity index (χ3n) is 6.57. The van der Waals surface area contributed by atoms with Crippen LogP contribution in [0.4, 0.5) is 0 Å². The summed E-state index contributed by atoms with van der Waals surface area (Å²) in [6.07, 6.45) is 14.6. The fourth-order valence-electron chi connectivity index (χ4n) is 5.28. The first-order chi connectivity index (χ1) is 12.5. The number of aryl methyl sites for hydroxylation is 2. The molecule has 0 aromatic heterocycles. The van der Waals surface area contributed by atoms with E-state index in [1.807, 2.05) is 6.07 Å². The molecule has 0 spiro atoms. The maximum atomic E-state index is 10.6. The number of carbonyl (C=O) groups is 1. The number of halogens is 1. The van der Waals surface area contributed by atoms with Crippen molar-refractivity contribution in [1.29, 1.82) is 0 Å². The molecule has 2 bridgehead atoms. The minimum atomic E-state index is -0.686. The third kappa shape index (κ3) is 4.91. The maximum Gasteiger partial charge on any atom is 0.303 e. The van der Waals surface area contributed by atoms with Crippen molar-refractivity contribution in [3.8, 4) is 0 Å². The van der Waals surface area contributed by atoms with Gasteiger partial charge < -0.3 is 5.11 Å². The molecule has 0 heterocycles. The predicted molar refractivity (Wildman–Crippen MR) is 108 cm³/mol. The predicted octanol–water partition coefficient (Wildman–Crippen LogP) is 6.44. The van der Waals surface area contributed by atoms with E-state index >= 15 is 0 Å². The first kappa shape index (κ1) is 19.5. The van der Waals surface area contributed by atoms with Gasteiger partial charge in [-0.1, -0.05) is 29.8 Å². The van der Waals surface area contributed by atoms with E-state index in [9.17, 15) is 4.79 Å². The van der Waals surface area contributed by atoms with Crippen molar-refractivity contribution in [2.75, 3.05) is 0 Å². The number of carboxylic acid groups (broad SMARTS) is 1. The zero-order chi connectivity index (χ0) is 18.5. The first-order valence-corrected chi connectivity index (χ1v) is 10.6. The molecule has 1 aromatic carbocycles. The molecule has 1 aromatic rings. The standard InChI is InChI=1S/C23H31ClO2/c1-16-14-20(24)13-12-17(16)6-5-8-22-19-11-10-18(15-19)21(22)7-3-2-4-9-23(25)26/h3,7,12-14,18-19,21-22H,2,4-6,8-11,15H2,1H3,(H,25,26)/b7-3-/t18-,19+,21-,22-/m0/s1. The van der Waals surface area contributed by atoms with Crippen LogP contribution in [0, 0.1) is 30.6 Å². The number of fused-ring (bicyclic) bond motifs is 2. The van der Waals surface area contributed by atoms with E-state index in [1.165, 1.54) is 43.2 Å². The summed E-state index contributed by atoms with van der Waals surface area (Å²) in [5.74, 6) is 2.66. The molecule has 3 heteroatoms. The average molecular weight is 375 g/mol. The molecule has 0 radical (unpaired) electrons. The summed E-state index contributed by atoms with van der Waals surface area (Å²) >= 11 is 6.06. The Morgan fingerprint density at radius 3 is 2.85 bits per heavy atom. The molecular formula is C23H31ClO2. The second-order valence-corrected chi connectivity index (χ2v) is 8.69. The van der Waals surface area contributed by atoms with E-state index < -0.39 is 5.97 Å². The molecule has 0 saturated heterocycles. The largest absolute Gasteiger partial charge is 0.481 e. The lowest BCUT2D eigenvalue weighted by Gasteiger charge is -2.29. The van der Waals surface area contributed by atoms with Crippen LogP contribution in [0.25, 0.3) is 0 Å². The Morgan fingerprint density at radius 2 is 2.08 bits per heavy atom. The van der Waals surface area contributed by atoms with Gasteiger partial charge in [0.05, 0.1) is 0 Å². The summed E-state index contributed by atoms with van der Waals surface area (Å²) in [5, 5.41) is 9.57. The first-order valence-electron chi connectivity index (χ1n) is 10.2. The number of hydrogen-bond acceptors (Lipinski definition) is 1. The Bertz CT molecular complexity index is 652. The molecule has 1 N–H and O–H groups in total. The highest BCUT2D eigenvalue weighted by molar-refractivity contribution is 6.30. The molecule has 0 aliphatic heterocycles. The van der Waals surface area contributed by atoms with Crippen molar-refractivity contribution in [2.45, 2.75) is 64.7 Å². The van der Waals surface area contributed by atoms with Gasteiger partial charge in [-0.15, -0.1) is 0 Å². The molecule has 3 rings (SSSR count). The van der Waals surface area contributed by atoms with Gasteiger partial charge >= 0.3 is 5.97 Å². The van der Waals surface area contributed by atoms with Crippen LogP contribution in [0.1, 0.15) is 62.5 Å². The lowest BCUT2D eigenvalue weighted by atomic mass is 9.76. The van der Waals surface area contributed by atoms with Gasteiger partial charge in [-0.25, -0.2) is 0 Å². The minimum absolute atomic E-state index is 0.283. The van der Waals surface area contributed by atoms with Gasteiger partial charge in [-0.2, -0.15) is 0 Å². The lowest BCUT2D eigenvalue weighted by Crippen LogP contribution is -2.21. The van der Waals surface area contributed by atoms with E-state index in [0.29, 0.717) is 0 Å². The van der Waals surface area contributed by atoms with Gasteiger partial charge in [0.25, 0.3) is 0 Å². The Kier molecular flexibility index (Phi) is 6.80. The molecule has 2 saturated carbocycles. The number of aliphatic carboxylic acids is 1. The van der Waals surface area contributed by atoms with Gasteiger partial charge in [-0.05, 0) is 105 Å². The van der Waals surface area contributed by atoms with Gasteiger partial charge in [0, 0.05) is 11.4 Å². The van der Waals surface area contributed by atoms with Crippen molar-refractivity contribution in [3.63, 3.8) is 0 Å². The smallest absolute Gasteiger partial charge is 0.303 e. The van der Waals surface area contributed by atoms with E-state index in [4.69, 9.17) is 16.7 Å². The highest BCUT2D eigenvalue weighted by Crippen LogP contribution is 2.54. The molecule has 4 atom stereocenters. The average Bonchev–Trinajstić information content (AvgIpc) is 3.18. The second kappa shape index (κ2) is 9.08. The van der Waals surface area contributed by atoms with Crippen LogP contribution in [0.5, 0.6) is 0 Å². The van der Waals surface area contributed by atoms with Crippen molar-refractivity contribution in [2.24, 2.45) is 23.7 Å². The number of benzene rings is 1. The Balaban J connectivity index is 1.50. The van der Waals surface area contributed by atoms with Crippen LogP contribution in [-0.4, -0.2) is 11.1 Å². The Hall–Kier alpha value is -1.28. The zero-order valence-electron chi connectivity index (χ0n) is 15.8. The number of rotatable bonds is 9.